The number of nitrogens with zero attached hydrogens (tertiary/aromatic N) is 1. The summed E-state index contributed by atoms with van der Waals surface area (Å²) in [7, 11) is 0. The van der Waals surface area contributed by atoms with Gasteiger partial charge in [0.2, 0.25) is 0 Å². The molecule has 0 fully saturated rings. The number of nitrogens with one attached hydrogen (secondary N) is 1. The van der Waals surface area contributed by atoms with Gasteiger partial charge >= 0.3 is 0 Å². The summed E-state index contributed by atoms with van der Waals surface area (Å²) in [4.78, 5) is 6.90. The highest BCUT2D eigenvalue weighted by molar-refractivity contribution is 7.20. The molecule has 0 saturated carbocycles. The minimum Gasteiger partial charge on any atom is -0.396 e. The van der Waals surface area contributed by atoms with Crippen LogP contribution in [0.1, 0.15) is 18.7 Å². The van der Waals surface area contributed by atoms with E-state index in [4.69, 9.17) is 5.11 Å². The third kappa shape index (κ3) is 3.38. The Bertz CT molecular complexity index is 467. The molecule has 0 aliphatic carbocycles. The molecule has 98 valence electrons. The van der Waals surface area contributed by atoms with Crippen molar-refractivity contribution in [1.82, 2.24) is 10.3 Å². The standard InChI is InChI=1S/C13H18N2OS2/c1-9(8-16)10(2)14-6-11-7-15-13(18-11)12-4-3-5-17-12/h3-5,7,9-10,14,16H,6,8H2,1-2H3. The van der Waals surface area contributed by atoms with Crippen LogP contribution in [0, 0.1) is 5.92 Å². The fourth-order valence-corrected chi connectivity index (χ4v) is 3.19. The van der Waals surface area contributed by atoms with Gasteiger partial charge in [-0.1, -0.05) is 13.0 Å². The van der Waals surface area contributed by atoms with E-state index < -0.39 is 0 Å². The molecule has 0 aromatic carbocycles. The number of aliphatic hydroxyl groups is 1. The highest BCUT2D eigenvalue weighted by Crippen LogP contribution is 2.28. The minimum absolute atomic E-state index is 0.220. The third-order valence-electron chi connectivity index (χ3n) is 3.03. The molecule has 2 heterocycles. The Balaban J connectivity index is 1.91. The van der Waals surface area contributed by atoms with Crippen LogP contribution in [0.15, 0.2) is 23.7 Å². The first-order valence-corrected chi connectivity index (χ1v) is 7.73. The minimum atomic E-state index is 0.220. The van der Waals surface area contributed by atoms with Crippen LogP contribution in [0.5, 0.6) is 0 Å². The highest BCUT2D eigenvalue weighted by atomic mass is 32.1. The zero-order valence-electron chi connectivity index (χ0n) is 10.6. The predicted molar refractivity (Wildman–Crippen MR) is 78.0 cm³/mol. The van der Waals surface area contributed by atoms with Crippen LogP contribution in [0.2, 0.25) is 0 Å². The first-order chi connectivity index (χ1) is 8.70. The van der Waals surface area contributed by atoms with Crippen LogP contribution in [-0.2, 0) is 6.54 Å². The Morgan fingerprint density at radius 1 is 1.44 bits per heavy atom. The monoisotopic (exact) mass is 282 g/mol. The number of aromatic nitrogens is 1. The van der Waals surface area contributed by atoms with Gasteiger partial charge in [0.1, 0.15) is 5.01 Å². The predicted octanol–water partition coefficient (Wildman–Crippen LogP) is 2.98. The van der Waals surface area contributed by atoms with Crippen molar-refractivity contribution in [2.75, 3.05) is 6.61 Å². The molecular weight excluding hydrogens is 264 g/mol. The molecule has 0 amide bonds. The van der Waals surface area contributed by atoms with Crippen LogP contribution in [0.4, 0.5) is 0 Å². The van der Waals surface area contributed by atoms with Crippen LogP contribution < -0.4 is 5.32 Å². The van der Waals surface area contributed by atoms with E-state index in [2.05, 4.69) is 28.7 Å². The van der Waals surface area contributed by atoms with Gasteiger partial charge in [-0.05, 0) is 24.3 Å². The Hall–Kier alpha value is -0.750. The summed E-state index contributed by atoms with van der Waals surface area (Å²) in [6, 6.07) is 4.45. The molecule has 18 heavy (non-hydrogen) atoms. The van der Waals surface area contributed by atoms with Gasteiger partial charge in [0.05, 0.1) is 4.88 Å². The number of rotatable bonds is 6. The van der Waals surface area contributed by atoms with E-state index in [-0.39, 0.29) is 12.5 Å². The molecular formula is C13H18N2OS2. The summed E-state index contributed by atoms with van der Waals surface area (Å²) in [6.45, 7) is 5.18. The zero-order valence-corrected chi connectivity index (χ0v) is 12.2. The van der Waals surface area contributed by atoms with E-state index in [1.165, 1.54) is 9.75 Å². The van der Waals surface area contributed by atoms with Crippen molar-refractivity contribution in [1.29, 1.82) is 0 Å². The molecule has 0 bridgehead atoms. The van der Waals surface area contributed by atoms with Crippen molar-refractivity contribution in [3.8, 4) is 9.88 Å². The lowest BCUT2D eigenvalue weighted by Crippen LogP contribution is -2.33. The second kappa shape index (κ2) is 6.43. The molecule has 2 aromatic heterocycles. The van der Waals surface area contributed by atoms with Crippen molar-refractivity contribution in [3.05, 3.63) is 28.6 Å². The largest absolute Gasteiger partial charge is 0.396 e. The maximum Gasteiger partial charge on any atom is 0.133 e. The first-order valence-electron chi connectivity index (χ1n) is 6.03. The Kier molecular flexibility index (Phi) is 4.88. The van der Waals surface area contributed by atoms with E-state index in [1.807, 2.05) is 19.2 Å². The molecule has 0 spiro atoms. The summed E-state index contributed by atoms with van der Waals surface area (Å²) in [6.07, 6.45) is 1.93. The molecule has 0 saturated heterocycles. The molecule has 2 aromatic rings. The van der Waals surface area contributed by atoms with Crippen molar-refractivity contribution >= 4 is 22.7 Å². The number of aliphatic hydroxyl groups excluding tert-OH is 1. The lowest BCUT2D eigenvalue weighted by Gasteiger charge is -2.18. The summed E-state index contributed by atoms with van der Waals surface area (Å²) >= 11 is 3.44. The summed E-state index contributed by atoms with van der Waals surface area (Å²) in [5.74, 6) is 0.273. The van der Waals surface area contributed by atoms with Crippen molar-refractivity contribution in [2.45, 2.75) is 26.4 Å². The number of thiazole rings is 1. The maximum absolute atomic E-state index is 9.08. The van der Waals surface area contributed by atoms with Crippen LogP contribution in [0.3, 0.4) is 0 Å². The van der Waals surface area contributed by atoms with Crippen LogP contribution >= 0.6 is 22.7 Å². The van der Waals surface area contributed by atoms with E-state index in [1.54, 1.807) is 22.7 Å². The Morgan fingerprint density at radius 3 is 2.94 bits per heavy atom. The fourth-order valence-electron chi connectivity index (χ4n) is 1.52. The van der Waals surface area contributed by atoms with Gasteiger partial charge in [-0.25, -0.2) is 4.98 Å². The normalized spacial score (nSPS) is 14.6. The second-order valence-electron chi connectivity index (χ2n) is 4.44. The van der Waals surface area contributed by atoms with Crippen molar-refractivity contribution in [2.24, 2.45) is 5.92 Å². The van der Waals surface area contributed by atoms with Crippen molar-refractivity contribution < 1.29 is 5.11 Å². The van der Waals surface area contributed by atoms with Gasteiger partial charge in [-0.3, -0.25) is 0 Å². The zero-order chi connectivity index (χ0) is 13.0. The van der Waals surface area contributed by atoms with Gasteiger partial charge in [0.15, 0.2) is 0 Å². The van der Waals surface area contributed by atoms with E-state index in [9.17, 15) is 0 Å². The molecule has 0 aliphatic heterocycles. The van der Waals surface area contributed by atoms with Gasteiger partial charge < -0.3 is 10.4 Å². The first kappa shape index (κ1) is 13.7. The summed E-state index contributed by atoms with van der Waals surface area (Å²) < 4.78 is 0. The SMILES string of the molecule is CC(CO)C(C)NCc1cnc(-c2cccs2)s1. The molecule has 2 N–H and O–H groups in total. The van der Waals surface area contributed by atoms with Gasteiger partial charge in [0, 0.05) is 30.3 Å². The highest BCUT2D eigenvalue weighted by Gasteiger charge is 2.11. The average Bonchev–Trinajstić information content (AvgIpc) is 3.04. The van der Waals surface area contributed by atoms with Gasteiger partial charge in [-0.15, -0.1) is 22.7 Å². The topological polar surface area (TPSA) is 45.1 Å². The maximum atomic E-state index is 9.08. The van der Waals surface area contributed by atoms with Crippen LogP contribution in [-0.4, -0.2) is 22.7 Å². The third-order valence-corrected chi connectivity index (χ3v) is 5.06. The summed E-state index contributed by atoms with van der Waals surface area (Å²) in [5, 5.41) is 15.7. The molecule has 3 nitrogen and oxygen atoms in total. The fraction of sp³-hybridized carbons (Fsp3) is 0.462. The van der Waals surface area contributed by atoms with Gasteiger partial charge in [-0.2, -0.15) is 0 Å². The lowest BCUT2D eigenvalue weighted by atomic mass is 10.1. The van der Waals surface area contributed by atoms with Crippen molar-refractivity contribution in [3.63, 3.8) is 0 Å². The Labute approximate surface area is 116 Å². The number of hydrogen-bond donors (Lipinski definition) is 2. The molecule has 2 unspecified atom stereocenters. The number of thiophene rings is 1. The van der Waals surface area contributed by atoms with E-state index in [0.717, 1.165) is 11.6 Å². The van der Waals surface area contributed by atoms with E-state index in [0.29, 0.717) is 6.04 Å². The second-order valence-corrected chi connectivity index (χ2v) is 6.50. The van der Waals surface area contributed by atoms with E-state index >= 15 is 0 Å². The Morgan fingerprint density at radius 2 is 2.28 bits per heavy atom. The molecule has 0 aliphatic rings. The smallest absolute Gasteiger partial charge is 0.133 e. The molecule has 5 heteroatoms. The van der Waals surface area contributed by atoms with Gasteiger partial charge in [0.25, 0.3) is 0 Å². The number of hydrogen-bond acceptors (Lipinski definition) is 5. The molecule has 2 rings (SSSR count). The summed E-state index contributed by atoms with van der Waals surface area (Å²) in [5.41, 5.74) is 0. The molecule has 2 atom stereocenters. The van der Waals surface area contributed by atoms with Crippen LogP contribution in [0.25, 0.3) is 9.88 Å². The lowest BCUT2D eigenvalue weighted by molar-refractivity contribution is 0.207. The quantitative estimate of drug-likeness (QED) is 0.856. The molecule has 0 radical (unpaired) electrons. The average molecular weight is 282 g/mol.